The van der Waals surface area contributed by atoms with Crippen molar-refractivity contribution in [1.29, 1.82) is 0 Å². The van der Waals surface area contributed by atoms with Crippen molar-refractivity contribution in [3.8, 4) is 17.2 Å². The molecule has 8 rings (SSSR count). The van der Waals surface area contributed by atoms with E-state index in [1.54, 1.807) is 6.07 Å². The highest BCUT2D eigenvalue weighted by Gasteiger charge is 2.57. The summed E-state index contributed by atoms with van der Waals surface area (Å²) in [6.07, 6.45) is 2.94. The predicted molar refractivity (Wildman–Crippen MR) is 311 cm³/mol. The number of halogens is 2. The molecule has 1 unspecified atom stereocenters. The average molecular weight is 1210 g/mol. The molecule has 4 aromatic carbocycles. The van der Waals surface area contributed by atoms with Crippen LogP contribution in [0.25, 0.3) is 10.8 Å². The van der Waals surface area contributed by atoms with Crippen molar-refractivity contribution in [2.75, 3.05) is 38.3 Å². The van der Waals surface area contributed by atoms with Crippen LogP contribution in [-0.2, 0) is 60.2 Å². The SMILES string of the molecule is C/C=C/COc1cc(OCOCc2ccccc2)c2c(OC/C=C/C)c3c(cc2c1)CC([C@H](OC)C(=O)[C@H]1OC2(CCCC2)O[C@@H]1C)[C@H](O[C@@H]1O[C@H](CBr)[C@@H](OC(=O)CCl)[C@H](O[Si](CC)(CC)CC)[C@H]1Sc1ccccc1)C3=O. The highest BCUT2D eigenvalue weighted by Crippen LogP contribution is 2.49. The second-order valence-corrected chi connectivity index (χ2v) is 27.3. The van der Waals surface area contributed by atoms with Crippen LogP contribution in [0.1, 0.15) is 88.7 Å². The number of methoxy groups -OCH3 is 1. The molecule has 0 aromatic heterocycles. The number of Topliss-reactive ketones (excluding diaryl/α,β-unsaturated/α-hetero) is 2. The Bertz CT molecular complexity index is 2710. The van der Waals surface area contributed by atoms with Crippen LogP contribution in [0.15, 0.2) is 108 Å². The molecule has 1 saturated carbocycles. The Kier molecular flexibility index (Phi) is 22.2. The lowest BCUT2D eigenvalue weighted by molar-refractivity contribution is -0.257. The van der Waals surface area contributed by atoms with E-state index in [1.807, 2.05) is 118 Å². The molecule has 0 radical (unpaired) electrons. The first-order chi connectivity index (χ1) is 38.4. The molecule has 79 heavy (non-hydrogen) atoms. The number of benzene rings is 4. The first-order valence-corrected chi connectivity index (χ1v) is 32.8. The van der Waals surface area contributed by atoms with E-state index >= 15 is 9.59 Å². The van der Waals surface area contributed by atoms with E-state index < -0.39 is 86.0 Å². The summed E-state index contributed by atoms with van der Waals surface area (Å²) in [5.74, 6) is -2.48. The van der Waals surface area contributed by atoms with Crippen LogP contribution in [0.3, 0.4) is 0 Å². The number of hydrogen-bond acceptors (Lipinski definition) is 15. The Hall–Kier alpha value is -4.11. The van der Waals surface area contributed by atoms with E-state index in [1.165, 1.54) is 18.9 Å². The summed E-state index contributed by atoms with van der Waals surface area (Å²) in [4.78, 5) is 45.9. The molecular weight excluding hydrogens is 1130 g/mol. The second kappa shape index (κ2) is 28.7. The normalized spacial score (nSPS) is 25.3. The van der Waals surface area contributed by atoms with E-state index in [9.17, 15) is 4.79 Å². The minimum Gasteiger partial charge on any atom is -0.489 e. The molecule has 2 heterocycles. The Labute approximate surface area is 484 Å². The molecule has 2 aliphatic heterocycles. The fraction of sp³-hybridized carbons (Fsp3) is 0.525. The van der Waals surface area contributed by atoms with Gasteiger partial charge in [-0.1, -0.05) is 110 Å². The van der Waals surface area contributed by atoms with E-state index in [2.05, 4.69) is 36.7 Å². The van der Waals surface area contributed by atoms with Gasteiger partial charge < -0.3 is 51.8 Å². The Morgan fingerprint density at radius 3 is 2.23 bits per heavy atom. The predicted octanol–water partition coefficient (Wildman–Crippen LogP) is 12.5. The van der Waals surface area contributed by atoms with Gasteiger partial charge in [0.25, 0.3) is 0 Å². The monoisotopic (exact) mass is 1210 g/mol. The highest BCUT2D eigenvalue weighted by atomic mass is 79.9. The lowest BCUT2D eigenvalue weighted by Gasteiger charge is -2.49. The minimum atomic E-state index is -2.51. The summed E-state index contributed by atoms with van der Waals surface area (Å²) in [5.41, 5.74) is 1.84. The number of carbonyl (C=O) groups excluding carboxylic acids is 3. The van der Waals surface area contributed by atoms with Crippen molar-refractivity contribution in [3.05, 3.63) is 120 Å². The van der Waals surface area contributed by atoms with Gasteiger partial charge in [-0.3, -0.25) is 14.4 Å². The molecule has 1 spiro atoms. The zero-order valence-electron chi connectivity index (χ0n) is 46.4. The maximum atomic E-state index is 16.4. The third-order valence-corrected chi connectivity index (χ3v) is 22.4. The van der Waals surface area contributed by atoms with E-state index in [0.29, 0.717) is 53.9 Å². The number of alkyl halides is 2. The van der Waals surface area contributed by atoms with Crippen molar-refractivity contribution in [2.24, 2.45) is 5.92 Å². The third-order valence-electron chi connectivity index (χ3n) is 15.6. The van der Waals surface area contributed by atoms with Crippen LogP contribution < -0.4 is 14.2 Å². The Morgan fingerprint density at radius 1 is 0.899 bits per heavy atom. The second-order valence-electron chi connectivity index (χ2n) is 20.4. The summed E-state index contributed by atoms with van der Waals surface area (Å²) >= 11 is 11.3. The van der Waals surface area contributed by atoms with Crippen molar-refractivity contribution in [3.63, 3.8) is 0 Å². The molecule has 10 atom stereocenters. The molecule has 428 valence electrons. The van der Waals surface area contributed by atoms with E-state index in [-0.39, 0.29) is 48.1 Å². The van der Waals surface area contributed by atoms with Gasteiger partial charge in [0.1, 0.15) is 66.9 Å². The topological polar surface area (TPSA) is 153 Å². The molecule has 4 aliphatic rings. The smallest absolute Gasteiger partial charge is 0.321 e. The number of rotatable bonds is 27. The summed E-state index contributed by atoms with van der Waals surface area (Å²) in [7, 11) is -1.04. The molecule has 2 aliphatic carbocycles. The summed E-state index contributed by atoms with van der Waals surface area (Å²) in [5, 5.41) is 0.667. The number of thioether (sulfide) groups is 1. The van der Waals surface area contributed by atoms with Gasteiger partial charge >= 0.3 is 5.97 Å². The largest absolute Gasteiger partial charge is 0.489 e. The number of fused-ring (bicyclic) bond motifs is 2. The number of esters is 1. The fourth-order valence-corrected chi connectivity index (χ4v) is 16.1. The molecule has 0 bridgehead atoms. The maximum Gasteiger partial charge on any atom is 0.321 e. The van der Waals surface area contributed by atoms with Crippen LogP contribution in [0.4, 0.5) is 0 Å². The van der Waals surface area contributed by atoms with Crippen LogP contribution >= 0.6 is 39.3 Å². The molecule has 3 fully saturated rings. The summed E-state index contributed by atoms with van der Waals surface area (Å²) < 4.78 is 73.1. The standard InChI is InChI=1S/C61H76BrClO14SSi/c1-8-13-29-69-43-32-41-31-42-33-45(54(67-7)52(66)53-39(6)75-61(76-53)27-21-22-28-61)55(51(65)50(42)57(70-30-14-9-2)49(41)46(34-43)71-38-68-37-40-23-17-15-18-24-40)74-60-59(78-44-25-19-16-20-26-44)58(77-79(10-3,11-4)12-5)56(47(35-62)72-60)73-48(64)36-63/h8-9,13-20,23-26,31-32,34,39,45,47,53-56,58-60H,10-12,21-22,27-30,33,35-38H2,1-7H3/b13-8+,14-9+/t39-,45?,47-,53+,54+,55+,56-,58+,59-,60+/m1/s1. The number of allylic oxidation sites excluding steroid dienone is 2. The van der Waals surface area contributed by atoms with Crippen molar-refractivity contribution < 1.29 is 66.2 Å². The van der Waals surface area contributed by atoms with Crippen LogP contribution in [0.5, 0.6) is 17.2 Å². The fourth-order valence-electron chi connectivity index (χ4n) is 11.3. The molecule has 4 aromatic rings. The van der Waals surface area contributed by atoms with E-state index in [0.717, 1.165) is 41.4 Å². The summed E-state index contributed by atoms with van der Waals surface area (Å²) in [6, 6.07) is 27.6. The quantitative estimate of drug-likeness (QED) is 0.0139. The first-order valence-electron chi connectivity index (χ1n) is 27.7. The number of carbonyl (C=O) groups is 3. The van der Waals surface area contributed by atoms with E-state index in [4.69, 9.17) is 63.4 Å². The van der Waals surface area contributed by atoms with Crippen molar-refractivity contribution >= 4 is 75.9 Å². The van der Waals surface area contributed by atoms with Gasteiger partial charge in [0.15, 0.2) is 44.9 Å². The summed E-state index contributed by atoms with van der Waals surface area (Å²) in [6.45, 7) is 12.7. The van der Waals surface area contributed by atoms with Crippen LogP contribution in [0.2, 0.25) is 18.1 Å². The zero-order valence-corrected chi connectivity index (χ0v) is 50.5. The average Bonchev–Trinajstić information content (AvgIpc) is 4.20. The molecular formula is C61H76BrClO14SSi. The molecule has 18 heteroatoms. The van der Waals surface area contributed by atoms with Gasteiger partial charge in [-0.25, -0.2) is 0 Å². The van der Waals surface area contributed by atoms with Crippen molar-refractivity contribution in [1.82, 2.24) is 0 Å². The first kappa shape index (κ1) is 61.0. The van der Waals surface area contributed by atoms with Crippen LogP contribution in [-0.4, -0.2) is 124 Å². The van der Waals surface area contributed by atoms with Gasteiger partial charge in [0, 0.05) is 42.2 Å². The van der Waals surface area contributed by atoms with Gasteiger partial charge in [0.05, 0.1) is 28.9 Å². The molecule has 2 saturated heterocycles. The zero-order chi connectivity index (χ0) is 56.1. The minimum absolute atomic E-state index is 0.111. The Morgan fingerprint density at radius 2 is 1.58 bits per heavy atom. The molecule has 0 N–H and O–H groups in total. The van der Waals surface area contributed by atoms with Crippen LogP contribution in [0, 0.1) is 5.92 Å². The highest BCUT2D eigenvalue weighted by molar-refractivity contribution is 9.09. The van der Waals surface area contributed by atoms with Gasteiger partial charge in [-0.15, -0.1) is 23.4 Å². The lowest BCUT2D eigenvalue weighted by atomic mass is 9.75. The van der Waals surface area contributed by atoms with Gasteiger partial charge in [0.2, 0.25) is 0 Å². The number of hydrogen-bond donors (Lipinski definition) is 0. The third kappa shape index (κ3) is 14.2. The molecule has 0 amide bonds. The van der Waals surface area contributed by atoms with Crippen molar-refractivity contribution in [2.45, 2.75) is 163 Å². The Balaban J connectivity index is 1.29. The number of ether oxygens (including phenoxy) is 10. The maximum absolute atomic E-state index is 16.4. The lowest BCUT2D eigenvalue weighted by Crippen LogP contribution is -2.64. The number of ketones is 2. The molecule has 14 nitrogen and oxygen atoms in total. The van der Waals surface area contributed by atoms with Gasteiger partial charge in [-0.05, 0) is 98.9 Å². The van der Waals surface area contributed by atoms with Gasteiger partial charge in [-0.2, -0.15) is 0 Å².